The van der Waals surface area contributed by atoms with E-state index in [-0.39, 0.29) is 12.5 Å². The van der Waals surface area contributed by atoms with Gasteiger partial charge in [-0.1, -0.05) is 24.3 Å². The van der Waals surface area contributed by atoms with Gasteiger partial charge >= 0.3 is 0 Å². The van der Waals surface area contributed by atoms with Crippen LogP contribution in [-0.2, 0) is 11.3 Å². The average Bonchev–Trinajstić information content (AvgIpc) is 3.35. The predicted molar refractivity (Wildman–Crippen MR) is 112 cm³/mol. The highest BCUT2D eigenvalue weighted by molar-refractivity contribution is 7.71. The summed E-state index contributed by atoms with van der Waals surface area (Å²) in [7, 11) is 0. The highest BCUT2D eigenvalue weighted by Crippen LogP contribution is 2.24. The van der Waals surface area contributed by atoms with Crippen LogP contribution < -0.4 is 10.1 Å². The van der Waals surface area contributed by atoms with E-state index in [2.05, 4.69) is 15.5 Å². The fraction of sp³-hybridized carbons (Fsp3) is 0.0500. The Labute approximate surface area is 170 Å². The monoisotopic (exact) mass is 408 g/mol. The molecule has 4 rings (SSSR count). The van der Waals surface area contributed by atoms with E-state index in [9.17, 15) is 4.79 Å². The number of benzene rings is 2. The number of anilines is 1. The minimum Gasteiger partial charge on any atom is -0.457 e. The van der Waals surface area contributed by atoms with Crippen LogP contribution >= 0.6 is 23.6 Å². The van der Waals surface area contributed by atoms with Crippen molar-refractivity contribution in [2.75, 3.05) is 5.32 Å². The minimum atomic E-state index is -0.188. The summed E-state index contributed by atoms with van der Waals surface area (Å²) >= 11 is 6.80. The quantitative estimate of drug-likeness (QED) is 0.436. The van der Waals surface area contributed by atoms with Gasteiger partial charge in [0.15, 0.2) is 10.6 Å². The van der Waals surface area contributed by atoms with Crippen LogP contribution in [0.5, 0.6) is 11.5 Å². The molecule has 0 aliphatic carbocycles. The molecule has 140 valence electrons. The number of hydrogen-bond donors (Lipinski definition) is 2. The summed E-state index contributed by atoms with van der Waals surface area (Å²) < 4.78 is 7.85. The molecule has 0 saturated carbocycles. The molecule has 0 saturated heterocycles. The summed E-state index contributed by atoms with van der Waals surface area (Å²) in [5.41, 5.74) is 0.679. The second-order valence-electron chi connectivity index (χ2n) is 5.90. The van der Waals surface area contributed by atoms with Crippen molar-refractivity contribution in [1.29, 1.82) is 0 Å². The van der Waals surface area contributed by atoms with Crippen LogP contribution in [0.4, 0.5) is 5.69 Å². The largest absolute Gasteiger partial charge is 0.457 e. The number of amides is 1. The van der Waals surface area contributed by atoms with Crippen LogP contribution in [-0.4, -0.2) is 20.7 Å². The van der Waals surface area contributed by atoms with Crippen molar-refractivity contribution in [2.45, 2.75) is 6.54 Å². The number of aromatic nitrogens is 3. The van der Waals surface area contributed by atoms with Crippen molar-refractivity contribution < 1.29 is 9.53 Å². The number of carbonyl (C=O) groups is 1. The number of nitrogens with one attached hydrogen (secondary N) is 2. The normalized spacial score (nSPS) is 10.6. The van der Waals surface area contributed by atoms with E-state index in [1.807, 2.05) is 60.0 Å². The van der Waals surface area contributed by atoms with Crippen molar-refractivity contribution in [3.63, 3.8) is 0 Å². The number of nitrogens with zero attached hydrogens (tertiary/aromatic N) is 2. The molecular weight excluding hydrogens is 392 g/mol. The van der Waals surface area contributed by atoms with E-state index >= 15 is 0 Å². The van der Waals surface area contributed by atoms with Gasteiger partial charge < -0.3 is 10.1 Å². The van der Waals surface area contributed by atoms with Crippen LogP contribution in [0, 0.1) is 4.77 Å². The van der Waals surface area contributed by atoms with E-state index in [4.69, 9.17) is 17.0 Å². The van der Waals surface area contributed by atoms with Crippen molar-refractivity contribution in [1.82, 2.24) is 14.8 Å². The van der Waals surface area contributed by atoms with Crippen LogP contribution in [0.15, 0.2) is 72.1 Å². The van der Waals surface area contributed by atoms with E-state index < -0.39 is 0 Å². The molecule has 0 atom stereocenters. The van der Waals surface area contributed by atoms with Crippen LogP contribution in [0.1, 0.15) is 0 Å². The fourth-order valence-corrected chi connectivity index (χ4v) is 3.55. The molecule has 0 aliphatic rings. The van der Waals surface area contributed by atoms with Gasteiger partial charge in [0.05, 0.1) is 4.88 Å². The molecule has 6 nitrogen and oxygen atoms in total. The van der Waals surface area contributed by atoms with Gasteiger partial charge in [-0.15, -0.1) is 11.3 Å². The van der Waals surface area contributed by atoms with Gasteiger partial charge in [0, 0.05) is 5.69 Å². The number of thiophene rings is 1. The maximum Gasteiger partial charge on any atom is 0.244 e. The third-order valence-electron chi connectivity index (χ3n) is 3.92. The molecule has 0 aliphatic heterocycles. The third kappa shape index (κ3) is 4.19. The third-order valence-corrected chi connectivity index (χ3v) is 5.10. The lowest BCUT2D eigenvalue weighted by Gasteiger charge is -2.09. The Morgan fingerprint density at radius 2 is 1.82 bits per heavy atom. The number of hydrogen-bond acceptors (Lipinski definition) is 5. The molecular formula is C20H16N4O2S2. The Balaban J connectivity index is 1.42. The summed E-state index contributed by atoms with van der Waals surface area (Å²) in [6.45, 7) is 0.0742. The zero-order chi connectivity index (χ0) is 19.3. The Morgan fingerprint density at radius 3 is 2.54 bits per heavy atom. The first-order valence-corrected chi connectivity index (χ1v) is 9.80. The standard InChI is InChI=1S/C20H16N4O2S2/c25-18(13-24-19(22-23-20(24)27)17-7-4-12-28-17)21-14-8-10-16(11-9-14)26-15-5-2-1-3-6-15/h1-12H,13H2,(H,21,25)(H,23,27). The van der Waals surface area contributed by atoms with E-state index in [0.29, 0.717) is 22.0 Å². The maximum absolute atomic E-state index is 12.5. The van der Waals surface area contributed by atoms with E-state index in [1.165, 1.54) is 0 Å². The first-order chi connectivity index (χ1) is 13.7. The summed E-state index contributed by atoms with van der Waals surface area (Å²) in [5, 5.41) is 11.8. The maximum atomic E-state index is 12.5. The smallest absolute Gasteiger partial charge is 0.244 e. The lowest BCUT2D eigenvalue weighted by molar-refractivity contribution is -0.116. The Bertz CT molecular complexity index is 1120. The molecule has 2 heterocycles. The van der Waals surface area contributed by atoms with Gasteiger partial charge in [-0.25, -0.2) is 0 Å². The highest BCUT2D eigenvalue weighted by atomic mass is 32.1. The zero-order valence-electron chi connectivity index (χ0n) is 14.7. The molecule has 4 aromatic rings. The van der Waals surface area contributed by atoms with Crippen molar-refractivity contribution >= 4 is 35.1 Å². The molecule has 2 N–H and O–H groups in total. The predicted octanol–water partition coefficient (Wildman–Crippen LogP) is 5.10. The number of H-pyrrole nitrogens is 1. The second-order valence-corrected chi connectivity index (χ2v) is 7.24. The summed E-state index contributed by atoms with van der Waals surface area (Å²) in [5.74, 6) is 1.92. The lowest BCUT2D eigenvalue weighted by Crippen LogP contribution is -2.19. The summed E-state index contributed by atoms with van der Waals surface area (Å²) in [4.78, 5) is 13.4. The van der Waals surface area contributed by atoms with Crippen molar-refractivity contribution in [2.24, 2.45) is 0 Å². The second kappa shape index (κ2) is 8.20. The van der Waals surface area contributed by atoms with Gasteiger partial charge in [-0.05, 0) is 60.1 Å². The summed E-state index contributed by atoms with van der Waals surface area (Å²) in [6, 6.07) is 20.6. The molecule has 28 heavy (non-hydrogen) atoms. The molecule has 0 unspecified atom stereocenters. The van der Waals surface area contributed by atoms with Crippen LogP contribution in [0.3, 0.4) is 0 Å². The fourth-order valence-electron chi connectivity index (χ4n) is 2.63. The Morgan fingerprint density at radius 1 is 1.07 bits per heavy atom. The Hall–Kier alpha value is -3.23. The van der Waals surface area contributed by atoms with Gasteiger partial charge in [-0.3, -0.25) is 14.5 Å². The number of ether oxygens (including phenoxy) is 1. The minimum absolute atomic E-state index is 0.0742. The van der Waals surface area contributed by atoms with Gasteiger partial charge in [0.2, 0.25) is 5.91 Å². The zero-order valence-corrected chi connectivity index (χ0v) is 16.3. The number of carbonyl (C=O) groups excluding carboxylic acids is 1. The first-order valence-electron chi connectivity index (χ1n) is 8.51. The van der Waals surface area contributed by atoms with E-state index in [0.717, 1.165) is 10.6 Å². The van der Waals surface area contributed by atoms with Crippen molar-refractivity contribution in [3.8, 4) is 22.2 Å². The highest BCUT2D eigenvalue weighted by Gasteiger charge is 2.13. The van der Waals surface area contributed by atoms with Gasteiger partial charge in [0.1, 0.15) is 18.0 Å². The average molecular weight is 409 g/mol. The number of para-hydroxylation sites is 1. The Kier molecular flexibility index (Phi) is 5.31. The molecule has 8 heteroatoms. The molecule has 1 amide bonds. The number of aromatic amines is 1. The van der Waals surface area contributed by atoms with Crippen molar-refractivity contribution in [3.05, 3.63) is 76.9 Å². The summed E-state index contributed by atoms with van der Waals surface area (Å²) in [6.07, 6.45) is 0. The van der Waals surface area contributed by atoms with Crippen LogP contribution in [0.25, 0.3) is 10.7 Å². The molecule has 0 fully saturated rings. The molecule has 0 spiro atoms. The van der Waals surface area contributed by atoms with Gasteiger partial charge in [0.25, 0.3) is 0 Å². The van der Waals surface area contributed by atoms with Gasteiger partial charge in [-0.2, -0.15) is 5.10 Å². The SMILES string of the molecule is O=C(Cn1c(-c2cccs2)n[nH]c1=S)Nc1ccc(Oc2ccccc2)cc1. The molecule has 0 bridgehead atoms. The van der Waals surface area contributed by atoms with E-state index in [1.54, 1.807) is 28.0 Å². The topological polar surface area (TPSA) is 71.9 Å². The lowest BCUT2D eigenvalue weighted by atomic mass is 10.3. The molecule has 0 radical (unpaired) electrons. The molecule has 2 aromatic heterocycles. The molecule has 2 aromatic carbocycles. The van der Waals surface area contributed by atoms with Crippen LogP contribution in [0.2, 0.25) is 0 Å². The number of rotatable bonds is 6. The first kappa shape index (κ1) is 18.1.